The maximum Gasteiger partial charge on any atom is 0.413 e. The summed E-state index contributed by atoms with van der Waals surface area (Å²) in [5.41, 5.74) is 1.23. The zero-order valence-corrected chi connectivity index (χ0v) is 16.4. The van der Waals surface area contributed by atoms with E-state index in [9.17, 15) is 14.4 Å². The summed E-state index contributed by atoms with van der Waals surface area (Å²) in [6, 6.07) is 0. The number of aryl methyl sites for hydroxylation is 1. The predicted molar refractivity (Wildman–Crippen MR) is 100 cm³/mol. The molecule has 9 nitrogen and oxygen atoms in total. The number of rotatable bonds is 6. The Hall–Kier alpha value is -2.53. The smallest absolute Gasteiger partial charge is 0.413 e. The zero-order chi connectivity index (χ0) is 19.4. The van der Waals surface area contributed by atoms with Crippen molar-refractivity contribution in [2.75, 3.05) is 24.4 Å². The molecule has 0 saturated carbocycles. The summed E-state index contributed by atoms with van der Waals surface area (Å²) in [5, 5.41) is 7.69. The normalized spacial score (nSPS) is 15.1. The molecule has 1 atom stereocenters. The lowest BCUT2D eigenvalue weighted by Gasteiger charge is -2.07. The molecule has 2 heterocycles. The molecular weight excluding hydrogens is 392 g/mol. The molecule has 0 aromatic carbocycles. The molecule has 1 unspecified atom stereocenters. The van der Waals surface area contributed by atoms with Gasteiger partial charge in [0.15, 0.2) is 10.3 Å². The monoisotopic (exact) mass is 410 g/mol. The first-order chi connectivity index (χ1) is 13.0. The van der Waals surface area contributed by atoms with Gasteiger partial charge >= 0.3 is 12.1 Å². The van der Waals surface area contributed by atoms with Crippen LogP contribution in [0.4, 0.5) is 15.1 Å². The Kier molecular flexibility index (Phi) is 6.01. The number of carbonyl (C=O) groups excluding carboxylic acids is 3. The van der Waals surface area contributed by atoms with Gasteiger partial charge in [0.1, 0.15) is 5.92 Å². The molecule has 0 bridgehead atoms. The van der Waals surface area contributed by atoms with E-state index in [2.05, 4.69) is 25.3 Å². The SMILES string of the molecule is CCOC(=O)C1CCc2sc(NC(=O)Cc3csc(NC(=O)OC)n3)nc21. The van der Waals surface area contributed by atoms with Crippen LogP contribution in [0.1, 0.15) is 35.5 Å². The van der Waals surface area contributed by atoms with Crippen LogP contribution in [0.5, 0.6) is 0 Å². The van der Waals surface area contributed by atoms with Gasteiger partial charge in [0, 0.05) is 10.3 Å². The van der Waals surface area contributed by atoms with E-state index in [0.717, 1.165) is 11.3 Å². The summed E-state index contributed by atoms with van der Waals surface area (Å²) in [7, 11) is 1.26. The number of methoxy groups -OCH3 is 1. The predicted octanol–water partition coefficient (Wildman–Crippen LogP) is 2.55. The van der Waals surface area contributed by atoms with E-state index in [1.165, 1.54) is 29.8 Å². The van der Waals surface area contributed by atoms with E-state index in [4.69, 9.17) is 4.74 Å². The van der Waals surface area contributed by atoms with E-state index in [0.29, 0.717) is 34.7 Å². The van der Waals surface area contributed by atoms with Gasteiger partial charge in [-0.2, -0.15) is 0 Å². The first kappa shape index (κ1) is 19.2. The zero-order valence-electron chi connectivity index (χ0n) is 14.7. The number of ether oxygens (including phenoxy) is 2. The topological polar surface area (TPSA) is 120 Å². The van der Waals surface area contributed by atoms with Crippen molar-refractivity contribution < 1.29 is 23.9 Å². The second kappa shape index (κ2) is 8.44. The highest BCUT2D eigenvalue weighted by molar-refractivity contribution is 7.16. The molecule has 0 aliphatic heterocycles. The minimum Gasteiger partial charge on any atom is -0.465 e. The average molecular weight is 410 g/mol. The first-order valence-electron chi connectivity index (χ1n) is 8.25. The average Bonchev–Trinajstić information content (AvgIpc) is 3.31. The van der Waals surface area contributed by atoms with E-state index >= 15 is 0 Å². The standard InChI is InChI=1S/C16H18N4O5S2/c1-3-25-13(22)9-4-5-10-12(9)19-15(27-10)18-11(21)6-8-7-26-14(17-8)20-16(23)24-2/h7,9H,3-6H2,1-2H3,(H,17,20,23)(H,18,19,21). The Labute approximate surface area is 163 Å². The highest BCUT2D eigenvalue weighted by Crippen LogP contribution is 2.39. The highest BCUT2D eigenvalue weighted by Gasteiger charge is 2.33. The largest absolute Gasteiger partial charge is 0.465 e. The molecule has 0 saturated heterocycles. The molecule has 11 heteroatoms. The summed E-state index contributed by atoms with van der Waals surface area (Å²) < 4.78 is 9.57. The summed E-state index contributed by atoms with van der Waals surface area (Å²) in [4.78, 5) is 44.9. The highest BCUT2D eigenvalue weighted by atomic mass is 32.1. The van der Waals surface area contributed by atoms with Gasteiger partial charge in [-0.05, 0) is 19.8 Å². The Bertz CT molecular complexity index is 863. The number of fused-ring (bicyclic) bond motifs is 1. The summed E-state index contributed by atoms with van der Waals surface area (Å²) in [5.74, 6) is -0.898. The van der Waals surface area contributed by atoms with E-state index in [1.807, 2.05) is 0 Å². The van der Waals surface area contributed by atoms with Gasteiger partial charge in [-0.15, -0.1) is 22.7 Å². The van der Waals surface area contributed by atoms with Crippen LogP contribution in [0, 0.1) is 0 Å². The lowest BCUT2D eigenvalue weighted by Crippen LogP contribution is -2.16. The van der Waals surface area contributed by atoms with Gasteiger partial charge in [-0.3, -0.25) is 14.9 Å². The van der Waals surface area contributed by atoms with Gasteiger partial charge in [-0.1, -0.05) is 0 Å². The lowest BCUT2D eigenvalue weighted by atomic mass is 10.1. The fourth-order valence-corrected chi connectivity index (χ4v) is 4.42. The molecule has 0 radical (unpaired) electrons. The minimum absolute atomic E-state index is 0.0465. The number of amides is 2. The number of esters is 1. The Morgan fingerprint density at radius 1 is 1.26 bits per heavy atom. The van der Waals surface area contributed by atoms with Crippen LogP contribution in [0.15, 0.2) is 5.38 Å². The third kappa shape index (κ3) is 4.61. The molecule has 0 fully saturated rings. The van der Waals surface area contributed by atoms with Crippen molar-refractivity contribution in [3.05, 3.63) is 21.6 Å². The molecule has 2 amide bonds. The Morgan fingerprint density at radius 3 is 2.81 bits per heavy atom. The van der Waals surface area contributed by atoms with Gasteiger partial charge in [0.05, 0.1) is 31.5 Å². The van der Waals surface area contributed by atoms with Gasteiger partial charge in [0.2, 0.25) is 5.91 Å². The minimum atomic E-state index is -0.617. The lowest BCUT2D eigenvalue weighted by molar-refractivity contribution is -0.145. The van der Waals surface area contributed by atoms with Gasteiger partial charge < -0.3 is 14.8 Å². The molecule has 27 heavy (non-hydrogen) atoms. The number of nitrogens with zero attached hydrogens (tertiary/aromatic N) is 2. The Morgan fingerprint density at radius 2 is 2.07 bits per heavy atom. The second-order valence-electron chi connectivity index (χ2n) is 5.66. The van der Waals surface area contributed by atoms with Crippen molar-refractivity contribution in [3.63, 3.8) is 0 Å². The third-order valence-electron chi connectivity index (χ3n) is 3.82. The van der Waals surface area contributed by atoms with Gasteiger partial charge in [-0.25, -0.2) is 14.8 Å². The number of hydrogen-bond acceptors (Lipinski definition) is 9. The van der Waals surface area contributed by atoms with Crippen LogP contribution < -0.4 is 10.6 Å². The summed E-state index contributed by atoms with van der Waals surface area (Å²) in [6.45, 7) is 2.10. The number of anilines is 2. The molecule has 2 N–H and O–H groups in total. The van der Waals surface area contributed by atoms with Crippen LogP contribution in [0.3, 0.4) is 0 Å². The van der Waals surface area contributed by atoms with Crippen LogP contribution in [-0.4, -0.2) is 41.7 Å². The number of thiazole rings is 2. The Balaban J connectivity index is 1.59. The fourth-order valence-electron chi connectivity index (χ4n) is 2.66. The van der Waals surface area contributed by atoms with Crippen LogP contribution in [0.25, 0.3) is 0 Å². The molecule has 2 aromatic rings. The number of carbonyl (C=O) groups is 3. The molecule has 3 rings (SSSR count). The van der Waals surface area contributed by atoms with E-state index in [1.54, 1.807) is 12.3 Å². The van der Waals surface area contributed by atoms with Crippen LogP contribution >= 0.6 is 22.7 Å². The van der Waals surface area contributed by atoms with Crippen molar-refractivity contribution in [2.45, 2.75) is 32.1 Å². The molecule has 2 aromatic heterocycles. The summed E-state index contributed by atoms with van der Waals surface area (Å²) >= 11 is 2.58. The maximum atomic E-state index is 12.2. The van der Waals surface area contributed by atoms with Crippen molar-refractivity contribution in [1.82, 2.24) is 9.97 Å². The van der Waals surface area contributed by atoms with Crippen molar-refractivity contribution in [2.24, 2.45) is 0 Å². The number of aromatic nitrogens is 2. The van der Waals surface area contributed by atoms with Crippen molar-refractivity contribution in [3.8, 4) is 0 Å². The number of nitrogens with one attached hydrogen (secondary N) is 2. The first-order valence-corrected chi connectivity index (χ1v) is 9.95. The van der Waals surface area contributed by atoms with E-state index in [-0.39, 0.29) is 24.2 Å². The third-order valence-corrected chi connectivity index (χ3v) is 5.68. The van der Waals surface area contributed by atoms with Crippen molar-refractivity contribution >= 4 is 50.9 Å². The molecule has 1 aliphatic rings. The van der Waals surface area contributed by atoms with Crippen LogP contribution in [-0.2, 0) is 31.9 Å². The molecule has 1 aliphatic carbocycles. The van der Waals surface area contributed by atoms with Gasteiger partial charge in [0.25, 0.3) is 0 Å². The molecular formula is C16H18N4O5S2. The molecule has 144 valence electrons. The molecule has 0 spiro atoms. The fraction of sp³-hybridized carbons (Fsp3) is 0.438. The van der Waals surface area contributed by atoms with Crippen molar-refractivity contribution in [1.29, 1.82) is 0 Å². The quantitative estimate of drug-likeness (QED) is 0.702. The van der Waals surface area contributed by atoms with Crippen LogP contribution in [0.2, 0.25) is 0 Å². The second-order valence-corrected chi connectivity index (χ2v) is 7.60. The summed E-state index contributed by atoms with van der Waals surface area (Å²) in [6.07, 6.45) is 0.871. The maximum absolute atomic E-state index is 12.2. The number of hydrogen-bond donors (Lipinski definition) is 2. The van der Waals surface area contributed by atoms with E-state index < -0.39 is 6.09 Å².